The molecule has 1 aromatic carbocycles. The molecule has 0 spiro atoms. The Morgan fingerprint density at radius 1 is 1.07 bits per heavy atom. The molecule has 0 radical (unpaired) electrons. The zero-order valence-electron chi connectivity index (χ0n) is 16.3. The predicted molar refractivity (Wildman–Crippen MR) is 113 cm³/mol. The van der Waals surface area contributed by atoms with E-state index < -0.39 is 0 Å². The Morgan fingerprint density at radius 3 is 2.66 bits per heavy atom. The molecule has 2 amide bonds. The summed E-state index contributed by atoms with van der Waals surface area (Å²) in [6.45, 7) is 4.53. The van der Waals surface area contributed by atoms with Gasteiger partial charge in [0.05, 0.1) is 0 Å². The lowest BCUT2D eigenvalue weighted by Crippen LogP contribution is -2.22. The molecule has 0 unspecified atom stereocenters. The van der Waals surface area contributed by atoms with Crippen LogP contribution in [0.3, 0.4) is 0 Å². The van der Waals surface area contributed by atoms with E-state index in [1.54, 1.807) is 0 Å². The van der Waals surface area contributed by atoms with E-state index in [1.807, 2.05) is 32.0 Å². The molecule has 2 aromatic heterocycles. The van der Waals surface area contributed by atoms with Gasteiger partial charge in [0.15, 0.2) is 0 Å². The Balaban J connectivity index is 1.40. The van der Waals surface area contributed by atoms with Gasteiger partial charge in [-0.1, -0.05) is 59.4 Å². The molecule has 0 atom stereocenters. The minimum Gasteiger partial charge on any atom is -0.352 e. The largest absolute Gasteiger partial charge is 0.352 e. The Bertz CT molecular complexity index is 985. The number of nitrogens with one attached hydrogen (secondary N) is 2. The molecule has 8 nitrogen and oxygen atoms in total. The van der Waals surface area contributed by atoms with Crippen molar-refractivity contribution in [2.75, 3.05) is 5.32 Å². The van der Waals surface area contributed by atoms with E-state index in [0.717, 1.165) is 22.0 Å². The normalized spacial score (nSPS) is 10.7. The summed E-state index contributed by atoms with van der Waals surface area (Å²) in [6, 6.07) is 8.05. The zero-order valence-corrected chi connectivity index (χ0v) is 17.9. The molecule has 0 saturated heterocycles. The van der Waals surface area contributed by atoms with Crippen LogP contribution in [0.1, 0.15) is 50.7 Å². The molecular weight excluding hydrogens is 408 g/mol. The third-order valence-electron chi connectivity index (χ3n) is 4.02. The lowest BCUT2D eigenvalue weighted by atomic mass is 10.1. The first-order chi connectivity index (χ1) is 14.0. The summed E-state index contributed by atoms with van der Waals surface area (Å²) in [7, 11) is 0. The van der Waals surface area contributed by atoms with Gasteiger partial charge in [0.1, 0.15) is 10.0 Å². The second kappa shape index (κ2) is 10.2. The van der Waals surface area contributed by atoms with E-state index in [1.165, 1.54) is 28.2 Å². The molecule has 3 aromatic rings. The first kappa shape index (κ1) is 21.0. The van der Waals surface area contributed by atoms with Gasteiger partial charge in [-0.3, -0.25) is 14.9 Å². The maximum atomic E-state index is 12.2. The topological polar surface area (TPSA) is 110 Å². The quantitative estimate of drug-likeness (QED) is 0.540. The number of aromatic nitrogens is 4. The Morgan fingerprint density at radius 2 is 1.90 bits per heavy atom. The van der Waals surface area contributed by atoms with Gasteiger partial charge in [-0.05, 0) is 25.3 Å². The fourth-order valence-electron chi connectivity index (χ4n) is 2.56. The summed E-state index contributed by atoms with van der Waals surface area (Å²) in [5.41, 5.74) is 2.25. The highest BCUT2D eigenvalue weighted by Crippen LogP contribution is 2.18. The van der Waals surface area contributed by atoms with Crippen LogP contribution >= 0.6 is 22.7 Å². The summed E-state index contributed by atoms with van der Waals surface area (Å²) in [4.78, 5) is 24.2. The smallest absolute Gasteiger partial charge is 0.288 e. The second-order valence-corrected chi connectivity index (χ2v) is 8.55. The van der Waals surface area contributed by atoms with Gasteiger partial charge < -0.3 is 5.32 Å². The van der Waals surface area contributed by atoms with Gasteiger partial charge in [-0.2, -0.15) is 0 Å². The van der Waals surface area contributed by atoms with Crippen molar-refractivity contribution in [1.29, 1.82) is 0 Å². The first-order valence-corrected chi connectivity index (χ1v) is 10.9. The second-order valence-electron chi connectivity index (χ2n) is 6.43. The van der Waals surface area contributed by atoms with Crippen LogP contribution in [0, 0.1) is 6.92 Å². The first-order valence-electron chi connectivity index (χ1n) is 9.32. The molecule has 0 bridgehead atoms. The molecular formula is C19H22N6O2S2. The number of carbonyl (C=O) groups excluding carboxylic acids is 2. The van der Waals surface area contributed by atoms with Crippen LogP contribution in [0.5, 0.6) is 0 Å². The number of carbonyl (C=O) groups is 2. The van der Waals surface area contributed by atoms with Crippen LogP contribution in [0.15, 0.2) is 24.3 Å². The average Bonchev–Trinajstić information content (AvgIpc) is 3.36. The van der Waals surface area contributed by atoms with Crippen molar-refractivity contribution in [2.45, 2.75) is 46.1 Å². The van der Waals surface area contributed by atoms with Gasteiger partial charge in [0.2, 0.25) is 16.0 Å². The minimum atomic E-state index is -0.344. The van der Waals surface area contributed by atoms with Crippen LogP contribution in [-0.4, -0.2) is 32.2 Å². The summed E-state index contributed by atoms with van der Waals surface area (Å²) in [6.07, 6.45) is 2.42. The van der Waals surface area contributed by atoms with E-state index in [9.17, 15) is 9.59 Å². The molecule has 3 rings (SSSR count). The van der Waals surface area contributed by atoms with Crippen molar-refractivity contribution >= 4 is 39.6 Å². The average molecular weight is 431 g/mol. The molecule has 2 heterocycles. The molecule has 29 heavy (non-hydrogen) atoms. The number of hydrogen-bond donors (Lipinski definition) is 2. The van der Waals surface area contributed by atoms with Crippen molar-refractivity contribution in [1.82, 2.24) is 25.7 Å². The maximum Gasteiger partial charge on any atom is 0.288 e. The Hall–Kier alpha value is -2.72. The van der Waals surface area contributed by atoms with Gasteiger partial charge in [-0.25, -0.2) is 0 Å². The lowest BCUT2D eigenvalue weighted by Gasteiger charge is -2.05. The van der Waals surface area contributed by atoms with Crippen LogP contribution in [0.2, 0.25) is 0 Å². The Kier molecular flexibility index (Phi) is 7.36. The number of hydrogen-bond acceptors (Lipinski definition) is 8. The molecule has 0 aliphatic carbocycles. The standard InChI is InChI=1S/C19H22N6O2S2/c1-3-15-22-25-19(29-15)21-17(27)18-24-23-16(28-18)9-5-8-14(26)20-11-13-7-4-6-12(2)10-13/h4,6-7,10H,3,5,8-9,11H2,1-2H3,(H,20,26)(H,21,25,27). The van der Waals surface area contributed by atoms with Crippen molar-refractivity contribution in [3.63, 3.8) is 0 Å². The molecule has 2 N–H and O–H groups in total. The monoisotopic (exact) mass is 430 g/mol. The van der Waals surface area contributed by atoms with Crippen molar-refractivity contribution in [2.24, 2.45) is 0 Å². The van der Waals surface area contributed by atoms with Crippen LogP contribution in [-0.2, 0) is 24.2 Å². The summed E-state index contributed by atoms with van der Waals surface area (Å²) in [5, 5.41) is 23.8. The molecule has 0 aliphatic rings. The van der Waals surface area contributed by atoms with Gasteiger partial charge in [0.25, 0.3) is 5.91 Å². The van der Waals surface area contributed by atoms with E-state index in [4.69, 9.17) is 0 Å². The summed E-state index contributed by atoms with van der Waals surface area (Å²) < 4.78 is 0. The van der Waals surface area contributed by atoms with E-state index in [-0.39, 0.29) is 16.8 Å². The maximum absolute atomic E-state index is 12.2. The third kappa shape index (κ3) is 6.40. The molecule has 10 heteroatoms. The van der Waals surface area contributed by atoms with E-state index >= 15 is 0 Å². The van der Waals surface area contributed by atoms with Crippen molar-refractivity contribution < 1.29 is 9.59 Å². The number of aryl methyl sites for hydroxylation is 3. The van der Waals surface area contributed by atoms with Crippen molar-refractivity contribution in [3.8, 4) is 0 Å². The van der Waals surface area contributed by atoms with Crippen molar-refractivity contribution in [3.05, 3.63) is 50.4 Å². The number of benzene rings is 1. The molecule has 152 valence electrons. The van der Waals surface area contributed by atoms with Crippen LogP contribution in [0.25, 0.3) is 0 Å². The van der Waals surface area contributed by atoms with Gasteiger partial charge in [-0.15, -0.1) is 20.4 Å². The highest BCUT2D eigenvalue weighted by Gasteiger charge is 2.15. The number of amides is 2. The fourth-order valence-corrected chi connectivity index (χ4v) is 4.01. The lowest BCUT2D eigenvalue weighted by molar-refractivity contribution is -0.121. The minimum absolute atomic E-state index is 0.00279. The van der Waals surface area contributed by atoms with Gasteiger partial charge in [0, 0.05) is 19.4 Å². The molecule has 0 aliphatic heterocycles. The molecule has 0 saturated carbocycles. The number of anilines is 1. The zero-order chi connectivity index (χ0) is 20.6. The number of rotatable bonds is 9. The molecule has 0 fully saturated rings. The van der Waals surface area contributed by atoms with Crippen LogP contribution in [0.4, 0.5) is 5.13 Å². The van der Waals surface area contributed by atoms with Crippen LogP contribution < -0.4 is 10.6 Å². The van der Waals surface area contributed by atoms with E-state index in [0.29, 0.717) is 30.9 Å². The number of nitrogens with zero attached hydrogens (tertiary/aromatic N) is 4. The SMILES string of the molecule is CCc1nnc(NC(=O)c2nnc(CCCC(=O)NCc3cccc(C)c3)s2)s1. The summed E-state index contributed by atoms with van der Waals surface area (Å²) >= 11 is 2.57. The van der Waals surface area contributed by atoms with E-state index in [2.05, 4.69) is 37.1 Å². The highest BCUT2D eigenvalue weighted by molar-refractivity contribution is 7.16. The highest BCUT2D eigenvalue weighted by atomic mass is 32.1. The van der Waals surface area contributed by atoms with Gasteiger partial charge >= 0.3 is 0 Å². The Labute approximate surface area is 176 Å². The third-order valence-corrected chi connectivity index (χ3v) is 5.98. The fraction of sp³-hybridized carbons (Fsp3) is 0.368. The summed E-state index contributed by atoms with van der Waals surface area (Å²) in [5.74, 6) is -0.347. The predicted octanol–water partition coefficient (Wildman–Crippen LogP) is 3.15.